The minimum Gasteiger partial charge on any atom is -0.480 e. The summed E-state index contributed by atoms with van der Waals surface area (Å²) in [6, 6.07) is 0. The second-order valence-electron chi connectivity index (χ2n) is 5.15. The molecule has 1 fully saturated rings. The van der Waals surface area contributed by atoms with Crippen LogP contribution in [-0.2, 0) is 6.42 Å². The summed E-state index contributed by atoms with van der Waals surface area (Å²) in [5.41, 5.74) is 1.99. The molecule has 0 saturated heterocycles. The lowest BCUT2D eigenvalue weighted by atomic mass is 10.1. The Hall–Kier alpha value is -2.44. The number of carbonyl (C=O) groups is 1. The van der Waals surface area contributed by atoms with Gasteiger partial charge in [-0.25, -0.2) is 19.4 Å². The highest BCUT2D eigenvalue weighted by atomic mass is 16.5. The molecule has 2 aliphatic rings. The van der Waals surface area contributed by atoms with E-state index in [9.17, 15) is 9.90 Å². The molecule has 2 aromatic heterocycles. The van der Waals surface area contributed by atoms with Gasteiger partial charge in [0.25, 0.3) is 0 Å². The van der Waals surface area contributed by atoms with Crippen LogP contribution in [0.5, 0.6) is 5.88 Å². The van der Waals surface area contributed by atoms with Crippen molar-refractivity contribution in [3.63, 3.8) is 0 Å². The molecule has 2 atom stereocenters. The Morgan fingerprint density at radius 3 is 2.95 bits per heavy atom. The maximum atomic E-state index is 11.3. The molecule has 2 aromatic rings. The van der Waals surface area contributed by atoms with Crippen molar-refractivity contribution < 1.29 is 14.6 Å². The fourth-order valence-electron chi connectivity index (χ4n) is 2.99. The van der Waals surface area contributed by atoms with Gasteiger partial charge in [0.05, 0.1) is 25.2 Å². The number of carboxylic acids is 1. The van der Waals surface area contributed by atoms with E-state index in [2.05, 4.69) is 15.1 Å². The highest BCUT2D eigenvalue weighted by molar-refractivity contribution is 5.88. The van der Waals surface area contributed by atoms with Gasteiger partial charge in [-0.3, -0.25) is 0 Å². The van der Waals surface area contributed by atoms with E-state index < -0.39 is 5.97 Å². The van der Waals surface area contributed by atoms with Gasteiger partial charge in [0.1, 0.15) is 0 Å². The van der Waals surface area contributed by atoms with E-state index in [-0.39, 0.29) is 5.69 Å². The number of aromatic nitrogens is 4. The molecule has 20 heavy (non-hydrogen) atoms. The Labute approximate surface area is 114 Å². The highest BCUT2D eigenvalue weighted by Crippen LogP contribution is 2.57. The summed E-state index contributed by atoms with van der Waals surface area (Å²) in [7, 11) is 1.52. The highest BCUT2D eigenvalue weighted by Gasteiger charge is 2.50. The van der Waals surface area contributed by atoms with Gasteiger partial charge in [-0.1, -0.05) is 0 Å². The molecular formula is C13H12N4O3. The van der Waals surface area contributed by atoms with Crippen molar-refractivity contribution in [3.05, 3.63) is 29.3 Å². The van der Waals surface area contributed by atoms with Gasteiger partial charge in [-0.15, -0.1) is 0 Å². The summed E-state index contributed by atoms with van der Waals surface area (Å²) < 4.78 is 6.60. The van der Waals surface area contributed by atoms with E-state index >= 15 is 0 Å². The molecule has 7 heteroatoms. The number of carboxylic acid groups (broad SMARTS) is 1. The van der Waals surface area contributed by atoms with Gasteiger partial charge in [0, 0.05) is 11.5 Å². The molecule has 1 saturated carbocycles. The number of ether oxygens (including phenoxy) is 1. The zero-order valence-electron chi connectivity index (χ0n) is 10.8. The average Bonchev–Trinajstić information content (AvgIpc) is 2.95. The predicted molar refractivity (Wildman–Crippen MR) is 67.2 cm³/mol. The van der Waals surface area contributed by atoms with Gasteiger partial charge in [0.2, 0.25) is 5.88 Å². The number of hydrogen-bond donors (Lipinski definition) is 1. The standard InChI is InChI=1S/C13H12N4O3/c1-20-10-5-14-9(4-15-10)17-12-7-2-6(7)3-8(12)11(16-17)13(18)19/h4-7H,2-3H2,1H3,(H,18,19)/t6-,7-/m1/s1. The minimum absolute atomic E-state index is 0.143. The normalized spacial score (nSPS) is 22.2. The SMILES string of the molecule is COc1cnc(-n2nc(C(=O)O)c3c2[C@@H]2C[C@@H]2C3)cn1. The first-order chi connectivity index (χ1) is 9.69. The van der Waals surface area contributed by atoms with Gasteiger partial charge in [0.15, 0.2) is 11.5 Å². The summed E-state index contributed by atoms with van der Waals surface area (Å²) in [4.78, 5) is 19.6. The molecule has 102 valence electrons. The van der Waals surface area contributed by atoms with Crippen molar-refractivity contribution in [1.29, 1.82) is 0 Å². The van der Waals surface area contributed by atoms with E-state index in [1.165, 1.54) is 13.3 Å². The number of rotatable bonds is 3. The van der Waals surface area contributed by atoms with Crippen LogP contribution in [0.1, 0.15) is 34.1 Å². The summed E-state index contributed by atoms with van der Waals surface area (Å²) >= 11 is 0. The van der Waals surface area contributed by atoms with Crippen LogP contribution in [0.3, 0.4) is 0 Å². The Kier molecular flexibility index (Phi) is 2.15. The molecule has 0 amide bonds. The van der Waals surface area contributed by atoms with Gasteiger partial charge < -0.3 is 9.84 Å². The second kappa shape index (κ2) is 3.78. The van der Waals surface area contributed by atoms with E-state index in [0.717, 1.165) is 24.1 Å². The van der Waals surface area contributed by atoms with E-state index in [4.69, 9.17) is 4.74 Å². The largest absolute Gasteiger partial charge is 0.480 e. The van der Waals surface area contributed by atoms with Crippen LogP contribution >= 0.6 is 0 Å². The van der Waals surface area contributed by atoms with Crippen molar-refractivity contribution in [2.75, 3.05) is 7.11 Å². The average molecular weight is 272 g/mol. The van der Waals surface area contributed by atoms with Crippen molar-refractivity contribution in [2.45, 2.75) is 18.8 Å². The number of aromatic carboxylic acids is 1. The monoisotopic (exact) mass is 272 g/mol. The molecule has 0 aliphatic heterocycles. The Morgan fingerprint density at radius 1 is 1.45 bits per heavy atom. The zero-order chi connectivity index (χ0) is 13.9. The molecule has 1 N–H and O–H groups in total. The molecular weight excluding hydrogens is 260 g/mol. The van der Waals surface area contributed by atoms with E-state index in [1.807, 2.05) is 0 Å². The van der Waals surface area contributed by atoms with Crippen molar-refractivity contribution in [2.24, 2.45) is 5.92 Å². The quantitative estimate of drug-likeness (QED) is 0.897. The van der Waals surface area contributed by atoms with Gasteiger partial charge in [-0.05, 0) is 18.8 Å². The fraction of sp³-hybridized carbons (Fsp3) is 0.385. The van der Waals surface area contributed by atoms with Crippen LogP contribution in [0.25, 0.3) is 5.82 Å². The first-order valence-corrected chi connectivity index (χ1v) is 6.40. The molecule has 0 radical (unpaired) electrons. The van der Waals surface area contributed by atoms with Crippen LogP contribution in [0.2, 0.25) is 0 Å². The topological polar surface area (TPSA) is 90.1 Å². The maximum absolute atomic E-state index is 11.3. The molecule has 0 bridgehead atoms. The summed E-state index contributed by atoms with van der Waals surface area (Å²) in [5.74, 6) is 0.971. The van der Waals surface area contributed by atoms with Crippen LogP contribution in [0.4, 0.5) is 0 Å². The zero-order valence-corrected chi connectivity index (χ0v) is 10.8. The molecule has 0 unspecified atom stereocenters. The number of nitrogens with zero attached hydrogens (tertiary/aromatic N) is 4. The van der Waals surface area contributed by atoms with Crippen LogP contribution < -0.4 is 4.74 Å². The second-order valence-corrected chi connectivity index (χ2v) is 5.15. The summed E-state index contributed by atoms with van der Waals surface area (Å²) in [6.07, 6.45) is 4.98. The number of methoxy groups -OCH3 is 1. The third-order valence-corrected chi connectivity index (χ3v) is 4.01. The number of hydrogen-bond acceptors (Lipinski definition) is 5. The van der Waals surface area contributed by atoms with Gasteiger partial charge >= 0.3 is 5.97 Å². The smallest absolute Gasteiger partial charge is 0.356 e. The first kappa shape index (κ1) is 11.4. The number of fused-ring (bicyclic) bond motifs is 3. The molecule has 2 aliphatic carbocycles. The molecule has 4 rings (SSSR count). The summed E-state index contributed by atoms with van der Waals surface area (Å²) in [6.45, 7) is 0. The Morgan fingerprint density at radius 2 is 2.30 bits per heavy atom. The van der Waals surface area contributed by atoms with Crippen molar-refractivity contribution >= 4 is 5.97 Å². The predicted octanol–water partition coefficient (Wildman–Crippen LogP) is 1.03. The van der Waals surface area contributed by atoms with E-state index in [1.54, 1.807) is 10.9 Å². The lowest BCUT2D eigenvalue weighted by Crippen LogP contribution is -2.06. The Balaban J connectivity index is 1.85. The summed E-state index contributed by atoms with van der Waals surface area (Å²) in [5, 5.41) is 13.5. The maximum Gasteiger partial charge on any atom is 0.356 e. The lowest BCUT2D eigenvalue weighted by Gasteiger charge is -2.05. The third-order valence-electron chi connectivity index (χ3n) is 4.01. The molecule has 2 heterocycles. The van der Waals surface area contributed by atoms with Crippen molar-refractivity contribution in [3.8, 4) is 11.7 Å². The van der Waals surface area contributed by atoms with Crippen molar-refractivity contribution in [1.82, 2.24) is 19.7 Å². The molecule has 0 spiro atoms. The van der Waals surface area contributed by atoms with Crippen LogP contribution in [-0.4, -0.2) is 37.9 Å². The molecule has 7 nitrogen and oxygen atoms in total. The third kappa shape index (κ3) is 1.46. The van der Waals surface area contributed by atoms with Crippen LogP contribution in [0.15, 0.2) is 12.4 Å². The Bertz CT molecular complexity index is 707. The first-order valence-electron chi connectivity index (χ1n) is 6.40. The molecule has 0 aromatic carbocycles. The fourth-order valence-corrected chi connectivity index (χ4v) is 2.99. The van der Waals surface area contributed by atoms with Gasteiger partial charge in [-0.2, -0.15) is 5.10 Å². The van der Waals surface area contributed by atoms with Crippen LogP contribution in [0, 0.1) is 5.92 Å². The minimum atomic E-state index is -0.984. The van der Waals surface area contributed by atoms with E-state index in [0.29, 0.717) is 23.5 Å². The lowest BCUT2D eigenvalue weighted by molar-refractivity contribution is 0.0688.